The zero-order chi connectivity index (χ0) is 15.7. The molecule has 0 aliphatic carbocycles. The number of methoxy groups -OCH3 is 1. The molecule has 2 aromatic heterocycles. The zero-order valence-electron chi connectivity index (χ0n) is 13.5. The third-order valence-electron chi connectivity index (χ3n) is 4.55. The van der Waals surface area contributed by atoms with Crippen LogP contribution in [0.3, 0.4) is 0 Å². The first kappa shape index (κ1) is 15.0. The summed E-state index contributed by atoms with van der Waals surface area (Å²) in [5.41, 5.74) is 1.50. The summed E-state index contributed by atoms with van der Waals surface area (Å²) < 4.78 is 6.83. The Morgan fingerprint density at radius 3 is 3.00 bits per heavy atom. The molecule has 0 spiro atoms. The molecule has 22 heavy (non-hydrogen) atoms. The summed E-state index contributed by atoms with van der Waals surface area (Å²) in [6, 6.07) is 4.24. The van der Waals surface area contributed by atoms with Crippen molar-refractivity contribution in [1.29, 1.82) is 0 Å². The second-order valence-electron chi connectivity index (χ2n) is 6.32. The Balaban J connectivity index is 1.77. The molecule has 3 heterocycles. The van der Waals surface area contributed by atoms with E-state index in [1.54, 1.807) is 6.07 Å². The van der Waals surface area contributed by atoms with Crippen molar-refractivity contribution in [2.75, 3.05) is 20.2 Å². The van der Waals surface area contributed by atoms with Crippen LogP contribution in [0.15, 0.2) is 24.5 Å². The molecule has 118 valence electrons. The van der Waals surface area contributed by atoms with Crippen molar-refractivity contribution in [1.82, 2.24) is 14.3 Å². The van der Waals surface area contributed by atoms with E-state index in [1.165, 1.54) is 20.1 Å². The highest BCUT2D eigenvalue weighted by molar-refractivity contribution is 5.90. The molecule has 1 saturated heterocycles. The molecule has 5 heteroatoms. The van der Waals surface area contributed by atoms with Crippen molar-refractivity contribution in [2.24, 2.45) is 5.92 Å². The third-order valence-corrected chi connectivity index (χ3v) is 4.55. The smallest absolute Gasteiger partial charge is 0.337 e. The second-order valence-corrected chi connectivity index (χ2v) is 6.32. The fourth-order valence-electron chi connectivity index (χ4n) is 3.21. The fourth-order valence-corrected chi connectivity index (χ4v) is 3.21. The van der Waals surface area contributed by atoms with Crippen molar-refractivity contribution in [2.45, 2.75) is 32.7 Å². The van der Waals surface area contributed by atoms with Gasteiger partial charge in [0, 0.05) is 25.2 Å². The normalized spacial score (nSPS) is 19.2. The highest BCUT2D eigenvalue weighted by atomic mass is 16.5. The standard InChI is InChI=1S/C17H23N3O2/c1-12(2)19-6-4-13(11-19)8-16-18-10-15-9-14(17(21)22-3)5-7-20(15)16/h5,7,9-10,12-13H,4,6,8,11H2,1-3H3. The van der Waals surface area contributed by atoms with Crippen LogP contribution in [0.1, 0.15) is 36.5 Å². The summed E-state index contributed by atoms with van der Waals surface area (Å²) in [7, 11) is 1.40. The first-order valence-corrected chi connectivity index (χ1v) is 7.87. The van der Waals surface area contributed by atoms with Crippen molar-refractivity contribution in [3.63, 3.8) is 0 Å². The van der Waals surface area contributed by atoms with Crippen LogP contribution in [-0.4, -0.2) is 46.5 Å². The van der Waals surface area contributed by atoms with Crippen LogP contribution in [0, 0.1) is 5.92 Å². The van der Waals surface area contributed by atoms with E-state index >= 15 is 0 Å². The summed E-state index contributed by atoms with van der Waals surface area (Å²) in [5, 5.41) is 0. The van der Waals surface area contributed by atoms with Gasteiger partial charge in [-0.3, -0.25) is 0 Å². The number of carbonyl (C=O) groups excluding carboxylic acids is 1. The van der Waals surface area contributed by atoms with Gasteiger partial charge in [-0.05, 0) is 44.9 Å². The molecule has 0 bridgehead atoms. The average Bonchev–Trinajstić information content (AvgIpc) is 3.14. The molecular formula is C17H23N3O2. The van der Waals surface area contributed by atoms with Gasteiger partial charge < -0.3 is 14.0 Å². The maximum absolute atomic E-state index is 11.6. The monoisotopic (exact) mass is 301 g/mol. The van der Waals surface area contributed by atoms with E-state index in [2.05, 4.69) is 28.1 Å². The van der Waals surface area contributed by atoms with E-state index < -0.39 is 0 Å². The Kier molecular flexibility index (Phi) is 4.16. The molecule has 1 aliphatic rings. The first-order valence-electron chi connectivity index (χ1n) is 7.87. The Labute approximate surface area is 130 Å². The topological polar surface area (TPSA) is 46.8 Å². The van der Waals surface area contributed by atoms with Gasteiger partial charge in [0.2, 0.25) is 0 Å². The van der Waals surface area contributed by atoms with Gasteiger partial charge in [-0.25, -0.2) is 9.78 Å². The molecule has 2 aromatic rings. The van der Waals surface area contributed by atoms with Crippen LogP contribution in [0.5, 0.6) is 0 Å². The van der Waals surface area contributed by atoms with Crippen LogP contribution in [0.25, 0.3) is 5.52 Å². The van der Waals surface area contributed by atoms with E-state index in [0.29, 0.717) is 17.5 Å². The van der Waals surface area contributed by atoms with Crippen molar-refractivity contribution in [3.8, 4) is 0 Å². The molecule has 0 radical (unpaired) electrons. The van der Waals surface area contributed by atoms with Gasteiger partial charge in [0.15, 0.2) is 0 Å². The number of hydrogen-bond acceptors (Lipinski definition) is 4. The predicted octanol–water partition coefficient (Wildman–Crippen LogP) is 2.39. The largest absolute Gasteiger partial charge is 0.465 e. The minimum Gasteiger partial charge on any atom is -0.465 e. The molecule has 0 saturated carbocycles. The number of hydrogen-bond donors (Lipinski definition) is 0. The molecule has 1 aliphatic heterocycles. The maximum atomic E-state index is 11.6. The predicted molar refractivity (Wildman–Crippen MR) is 85.1 cm³/mol. The molecule has 0 N–H and O–H groups in total. The Morgan fingerprint density at radius 2 is 2.32 bits per heavy atom. The van der Waals surface area contributed by atoms with Crippen molar-refractivity contribution in [3.05, 3.63) is 35.9 Å². The van der Waals surface area contributed by atoms with Gasteiger partial charge in [0.05, 0.1) is 24.4 Å². The number of pyridine rings is 1. The van der Waals surface area contributed by atoms with E-state index in [4.69, 9.17) is 4.74 Å². The van der Waals surface area contributed by atoms with Gasteiger partial charge in [0.25, 0.3) is 0 Å². The van der Waals surface area contributed by atoms with Crippen molar-refractivity contribution >= 4 is 11.5 Å². The number of carbonyl (C=O) groups is 1. The van der Waals surface area contributed by atoms with Crippen LogP contribution >= 0.6 is 0 Å². The van der Waals surface area contributed by atoms with E-state index in [-0.39, 0.29) is 5.97 Å². The number of esters is 1. The van der Waals surface area contributed by atoms with Crippen LogP contribution in [-0.2, 0) is 11.2 Å². The Bertz CT molecular complexity index is 678. The maximum Gasteiger partial charge on any atom is 0.337 e. The zero-order valence-corrected chi connectivity index (χ0v) is 13.5. The molecule has 0 amide bonds. The van der Waals surface area contributed by atoms with Crippen LogP contribution in [0.4, 0.5) is 0 Å². The summed E-state index contributed by atoms with van der Waals surface area (Å²) in [6.07, 6.45) is 5.96. The van der Waals surface area contributed by atoms with E-state index in [1.807, 2.05) is 18.5 Å². The lowest BCUT2D eigenvalue weighted by Crippen LogP contribution is -2.28. The summed E-state index contributed by atoms with van der Waals surface area (Å²) in [5.74, 6) is 1.42. The summed E-state index contributed by atoms with van der Waals surface area (Å²) >= 11 is 0. The van der Waals surface area contributed by atoms with Crippen LogP contribution in [0.2, 0.25) is 0 Å². The lowest BCUT2D eigenvalue weighted by atomic mass is 10.0. The molecule has 1 fully saturated rings. The number of likely N-dealkylation sites (tertiary alicyclic amines) is 1. The van der Waals surface area contributed by atoms with Gasteiger partial charge >= 0.3 is 5.97 Å². The minimum absolute atomic E-state index is 0.311. The highest BCUT2D eigenvalue weighted by Crippen LogP contribution is 2.22. The summed E-state index contributed by atoms with van der Waals surface area (Å²) in [4.78, 5) is 18.7. The molecule has 0 aromatic carbocycles. The van der Waals surface area contributed by atoms with E-state index in [9.17, 15) is 4.79 Å². The Hall–Kier alpha value is -1.88. The number of aromatic nitrogens is 2. The fraction of sp³-hybridized carbons (Fsp3) is 0.529. The number of imidazole rings is 1. The number of ether oxygens (including phenoxy) is 1. The number of fused-ring (bicyclic) bond motifs is 1. The van der Waals surface area contributed by atoms with Gasteiger partial charge in [-0.15, -0.1) is 0 Å². The first-order chi connectivity index (χ1) is 10.6. The summed E-state index contributed by atoms with van der Waals surface area (Å²) in [6.45, 7) is 6.83. The van der Waals surface area contributed by atoms with Gasteiger partial charge in [-0.1, -0.05) is 0 Å². The lowest BCUT2D eigenvalue weighted by molar-refractivity contribution is 0.0600. The molecule has 3 rings (SSSR count). The SMILES string of the molecule is COC(=O)c1ccn2c(CC3CCN(C(C)C)C3)ncc2c1. The number of nitrogens with zero attached hydrogens (tertiary/aromatic N) is 3. The highest BCUT2D eigenvalue weighted by Gasteiger charge is 2.25. The van der Waals surface area contributed by atoms with Crippen LogP contribution < -0.4 is 0 Å². The third kappa shape index (κ3) is 2.86. The lowest BCUT2D eigenvalue weighted by Gasteiger charge is -2.20. The average molecular weight is 301 g/mol. The number of rotatable bonds is 4. The molecule has 1 atom stereocenters. The second kappa shape index (κ2) is 6.08. The minimum atomic E-state index is -0.311. The Morgan fingerprint density at radius 1 is 1.50 bits per heavy atom. The molecular weight excluding hydrogens is 278 g/mol. The molecule has 1 unspecified atom stereocenters. The molecule has 5 nitrogen and oxygen atoms in total. The van der Waals surface area contributed by atoms with Gasteiger partial charge in [-0.2, -0.15) is 0 Å². The quantitative estimate of drug-likeness (QED) is 0.814. The van der Waals surface area contributed by atoms with Crippen molar-refractivity contribution < 1.29 is 9.53 Å². The van der Waals surface area contributed by atoms with Gasteiger partial charge in [0.1, 0.15) is 5.82 Å². The van der Waals surface area contributed by atoms with E-state index in [0.717, 1.165) is 24.3 Å².